The SMILES string of the molecule is CCC(C(=O)Nc1c(C)cc(F)cc1C(=O)OC)[N+](CC)(CC)CC. The highest BCUT2D eigenvalue weighted by atomic mass is 19.1. The van der Waals surface area contributed by atoms with Crippen LogP contribution in [-0.4, -0.2) is 49.1 Å². The number of nitrogens with one attached hydrogen (secondary N) is 1. The lowest BCUT2D eigenvalue weighted by Gasteiger charge is -2.41. The number of esters is 1. The van der Waals surface area contributed by atoms with E-state index in [2.05, 4.69) is 26.1 Å². The molecule has 0 aromatic heterocycles. The number of hydrogen-bond donors (Lipinski definition) is 1. The Bertz CT molecular complexity index is 619. The van der Waals surface area contributed by atoms with Crippen molar-refractivity contribution in [3.05, 3.63) is 29.1 Å². The van der Waals surface area contributed by atoms with Gasteiger partial charge in [-0.15, -0.1) is 0 Å². The Kier molecular flexibility index (Phi) is 7.55. The Morgan fingerprint density at radius 1 is 1.16 bits per heavy atom. The van der Waals surface area contributed by atoms with E-state index in [4.69, 9.17) is 4.74 Å². The van der Waals surface area contributed by atoms with Gasteiger partial charge in [-0.05, 0) is 45.4 Å². The molecular formula is C19H30FN2O3+. The van der Waals surface area contributed by atoms with Crippen LogP contribution >= 0.6 is 0 Å². The van der Waals surface area contributed by atoms with Gasteiger partial charge < -0.3 is 14.5 Å². The third-order valence-corrected chi connectivity index (χ3v) is 5.19. The van der Waals surface area contributed by atoms with Crippen molar-refractivity contribution in [2.75, 3.05) is 32.1 Å². The maximum absolute atomic E-state index is 13.7. The average molecular weight is 353 g/mol. The second-order valence-corrected chi connectivity index (χ2v) is 6.22. The van der Waals surface area contributed by atoms with Gasteiger partial charge in [0.2, 0.25) is 0 Å². The smallest absolute Gasteiger partial charge is 0.340 e. The second-order valence-electron chi connectivity index (χ2n) is 6.22. The van der Waals surface area contributed by atoms with Crippen LogP contribution in [0.3, 0.4) is 0 Å². The van der Waals surface area contributed by atoms with E-state index in [0.717, 1.165) is 25.7 Å². The molecule has 0 aliphatic rings. The minimum atomic E-state index is -0.673. The van der Waals surface area contributed by atoms with Crippen molar-refractivity contribution in [3.63, 3.8) is 0 Å². The van der Waals surface area contributed by atoms with Crippen LogP contribution in [0.15, 0.2) is 12.1 Å². The molecule has 0 spiro atoms. The number of quaternary nitrogens is 1. The number of anilines is 1. The third-order valence-electron chi connectivity index (χ3n) is 5.19. The van der Waals surface area contributed by atoms with Crippen LogP contribution in [0.4, 0.5) is 10.1 Å². The molecule has 1 aromatic rings. The van der Waals surface area contributed by atoms with Gasteiger partial charge in [0.05, 0.1) is 38.0 Å². The van der Waals surface area contributed by atoms with Crippen LogP contribution in [0.5, 0.6) is 0 Å². The zero-order valence-corrected chi connectivity index (χ0v) is 16.1. The Morgan fingerprint density at radius 2 is 1.72 bits per heavy atom. The van der Waals surface area contributed by atoms with E-state index in [-0.39, 0.29) is 17.5 Å². The molecule has 0 saturated heterocycles. The van der Waals surface area contributed by atoms with Crippen LogP contribution in [0.2, 0.25) is 0 Å². The molecule has 6 heteroatoms. The fourth-order valence-corrected chi connectivity index (χ4v) is 3.54. The van der Waals surface area contributed by atoms with Gasteiger partial charge in [-0.2, -0.15) is 0 Å². The Hall–Kier alpha value is -1.95. The molecule has 0 bridgehead atoms. The molecule has 0 saturated carbocycles. The third kappa shape index (κ3) is 4.37. The van der Waals surface area contributed by atoms with E-state index in [9.17, 15) is 14.0 Å². The summed E-state index contributed by atoms with van der Waals surface area (Å²) < 4.78 is 19.1. The number of amides is 1. The number of benzene rings is 1. The topological polar surface area (TPSA) is 55.4 Å². The Balaban J connectivity index is 3.28. The van der Waals surface area contributed by atoms with Gasteiger partial charge in [-0.3, -0.25) is 4.79 Å². The predicted octanol–water partition coefficient (Wildman–Crippen LogP) is 3.51. The van der Waals surface area contributed by atoms with Crippen molar-refractivity contribution in [1.29, 1.82) is 0 Å². The summed E-state index contributed by atoms with van der Waals surface area (Å²) in [6, 6.07) is 2.15. The standard InChI is InChI=1S/C19H29FN2O3/c1-7-16(22(8-2,9-3)10-4)18(23)21-17-13(5)11-14(20)12-15(17)19(24)25-6/h11-12,16H,7-10H2,1-6H3/p+1. The zero-order chi connectivity index (χ0) is 19.2. The Morgan fingerprint density at radius 3 is 2.16 bits per heavy atom. The van der Waals surface area contributed by atoms with Crippen LogP contribution in [0.25, 0.3) is 0 Å². The maximum atomic E-state index is 13.7. The molecule has 0 aliphatic heterocycles. The molecule has 1 rings (SSSR count). The molecule has 0 radical (unpaired) electrons. The van der Waals surface area contributed by atoms with Crippen LogP contribution in [-0.2, 0) is 9.53 Å². The number of hydrogen-bond acceptors (Lipinski definition) is 3. The number of rotatable bonds is 8. The first-order valence-electron chi connectivity index (χ1n) is 8.85. The maximum Gasteiger partial charge on any atom is 0.340 e. The quantitative estimate of drug-likeness (QED) is 0.575. The number of aryl methyl sites for hydroxylation is 1. The van der Waals surface area contributed by atoms with Gasteiger partial charge in [-0.25, -0.2) is 9.18 Å². The lowest BCUT2D eigenvalue weighted by atomic mass is 10.0. The van der Waals surface area contributed by atoms with Crippen molar-refractivity contribution in [2.24, 2.45) is 0 Å². The van der Waals surface area contributed by atoms with Gasteiger partial charge in [-0.1, -0.05) is 6.92 Å². The molecule has 140 valence electrons. The summed E-state index contributed by atoms with van der Waals surface area (Å²) in [5.74, 6) is -1.37. The number of ether oxygens (including phenoxy) is 1. The fraction of sp³-hybridized carbons (Fsp3) is 0.579. The first-order chi connectivity index (χ1) is 11.8. The number of carbonyl (C=O) groups is 2. The van der Waals surface area contributed by atoms with Crippen LogP contribution in [0.1, 0.15) is 50.0 Å². The number of halogens is 1. The first-order valence-corrected chi connectivity index (χ1v) is 8.85. The summed E-state index contributed by atoms with van der Waals surface area (Å²) in [5, 5.41) is 2.86. The molecular weight excluding hydrogens is 323 g/mol. The summed E-state index contributed by atoms with van der Waals surface area (Å²) >= 11 is 0. The molecule has 1 aromatic carbocycles. The van der Waals surface area contributed by atoms with E-state index >= 15 is 0 Å². The number of likely N-dealkylation sites (N-methyl/N-ethyl adjacent to an activating group) is 1. The minimum Gasteiger partial charge on any atom is -0.465 e. The van der Waals surface area contributed by atoms with Crippen LogP contribution < -0.4 is 5.32 Å². The lowest BCUT2D eigenvalue weighted by Crippen LogP contribution is -2.59. The van der Waals surface area contributed by atoms with E-state index in [1.165, 1.54) is 13.2 Å². The van der Waals surface area contributed by atoms with Crippen molar-refractivity contribution in [2.45, 2.75) is 47.1 Å². The largest absolute Gasteiger partial charge is 0.465 e. The summed E-state index contributed by atoms with van der Waals surface area (Å²) in [6.07, 6.45) is 0.676. The molecule has 1 unspecified atom stereocenters. The monoisotopic (exact) mass is 353 g/mol. The highest BCUT2D eigenvalue weighted by molar-refractivity contribution is 6.03. The number of carbonyl (C=O) groups excluding carboxylic acids is 2. The van der Waals surface area contributed by atoms with Crippen molar-refractivity contribution < 1.29 is 23.2 Å². The molecule has 25 heavy (non-hydrogen) atoms. The molecule has 0 heterocycles. The zero-order valence-electron chi connectivity index (χ0n) is 16.1. The summed E-state index contributed by atoms with van der Waals surface area (Å²) in [7, 11) is 1.23. The average Bonchev–Trinajstić information content (AvgIpc) is 2.60. The van der Waals surface area contributed by atoms with Crippen LogP contribution in [0, 0.1) is 12.7 Å². The van der Waals surface area contributed by atoms with Gasteiger partial charge in [0.25, 0.3) is 5.91 Å². The van der Waals surface area contributed by atoms with E-state index in [0.29, 0.717) is 22.2 Å². The van der Waals surface area contributed by atoms with Gasteiger partial charge in [0.1, 0.15) is 5.82 Å². The Labute approximate surface area is 149 Å². The molecule has 1 atom stereocenters. The molecule has 0 aliphatic carbocycles. The van der Waals surface area contributed by atoms with Gasteiger partial charge in [0, 0.05) is 6.42 Å². The van der Waals surface area contributed by atoms with Gasteiger partial charge in [0.15, 0.2) is 6.04 Å². The molecule has 1 amide bonds. The van der Waals surface area contributed by atoms with Crippen molar-refractivity contribution >= 4 is 17.6 Å². The first kappa shape index (κ1) is 21.1. The highest BCUT2D eigenvalue weighted by Crippen LogP contribution is 2.25. The summed E-state index contributed by atoms with van der Waals surface area (Å²) in [4.78, 5) is 25.0. The molecule has 5 nitrogen and oxygen atoms in total. The van der Waals surface area contributed by atoms with Crippen molar-refractivity contribution in [1.82, 2.24) is 0 Å². The minimum absolute atomic E-state index is 0.0331. The highest BCUT2D eigenvalue weighted by Gasteiger charge is 2.37. The van der Waals surface area contributed by atoms with Crippen molar-refractivity contribution in [3.8, 4) is 0 Å². The summed E-state index contributed by atoms with van der Waals surface area (Å²) in [6.45, 7) is 12.4. The van der Waals surface area contributed by atoms with E-state index < -0.39 is 11.8 Å². The normalized spacial score (nSPS) is 12.6. The van der Waals surface area contributed by atoms with E-state index in [1.54, 1.807) is 6.92 Å². The van der Waals surface area contributed by atoms with E-state index in [1.807, 2.05) is 6.92 Å². The summed E-state index contributed by atoms with van der Waals surface area (Å²) in [5.41, 5.74) is 0.843. The molecule has 1 N–H and O–H groups in total. The number of nitrogens with zero attached hydrogens (tertiary/aromatic N) is 1. The fourth-order valence-electron chi connectivity index (χ4n) is 3.54. The van der Waals surface area contributed by atoms with Gasteiger partial charge >= 0.3 is 5.97 Å². The lowest BCUT2D eigenvalue weighted by molar-refractivity contribution is -0.938. The number of methoxy groups -OCH3 is 1. The predicted molar refractivity (Wildman–Crippen MR) is 97.1 cm³/mol. The second kappa shape index (κ2) is 8.94. The molecule has 0 fully saturated rings.